The predicted molar refractivity (Wildman–Crippen MR) is 80.4 cm³/mol. The van der Waals surface area contributed by atoms with E-state index in [0.29, 0.717) is 6.54 Å². The summed E-state index contributed by atoms with van der Waals surface area (Å²) in [5, 5.41) is 10.2. The molecule has 0 fully saturated rings. The van der Waals surface area contributed by atoms with Gasteiger partial charge in [0.1, 0.15) is 0 Å². The van der Waals surface area contributed by atoms with Crippen LogP contribution in [0.4, 0.5) is 11.4 Å². The van der Waals surface area contributed by atoms with E-state index in [9.17, 15) is 5.11 Å². The summed E-state index contributed by atoms with van der Waals surface area (Å²) in [6.45, 7) is 3.81. The van der Waals surface area contributed by atoms with Crippen molar-refractivity contribution in [2.24, 2.45) is 0 Å². The van der Waals surface area contributed by atoms with Crippen molar-refractivity contribution in [3.63, 3.8) is 0 Å². The largest absolute Gasteiger partial charge is 0.396 e. The van der Waals surface area contributed by atoms with E-state index < -0.39 is 0 Å². The Balaban J connectivity index is 2.38. The Hall–Kier alpha value is -1.81. The smallest absolute Gasteiger partial charge is 0.0724 e. The van der Waals surface area contributed by atoms with Gasteiger partial charge >= 0.3 is 0 Å². The lowest BCUT2D eigenvalue weighted by atomic mass is 10.1. The Morgan fingerprint density at radius 2 is 2.11 bits per heavy atom. The van der Waals surface area contributed by atoms with Crippen LogP contribution in [-0.2, 0) is 0 Å². The highest BCUT2D eigenvalue weighted by molar-refractivity contribution is 5.97. The van der Waals surface area contributed by atoms with Gasteiger partial charge in [0.05, 0.1) is 23.5 Å². The molecular weight excluding hydrogens is 238 g/mol. The van der Waals surface area contributed by atoms with Gasteiger partial charge in [-0.25, -0.2) is 0 Å². The molecule has 0 aliphatic heterocycles. The van der Waals surface area contributed by atoms with Crippen molar-refractivity contribution in [2.45, 2.75) is 19.8 Å². The minimum atomic E-state index is 0.133. The van der Waals surface area contributed by atoms with Crippen LogP contribution < -0.4 is 10.6 Å². The molecule has 1 aromatic carbocycles. The molecular formula is C15H21N3O. The molecule has 102 valence electrons. The molecule has 0 saturated heterocycles. The number of nitrogen functional groups attached to an aromatic ring is 1. The Bertz CT molecular complexity index is 542. The maximum absolute atomic E-state index is 9.21. The summed E-state index contributed by atoms with van der Waals surface area (Å²) in [5.74, 6) is 0. The van der Waals surface area contributed by atoms with Crippen molar-refractivity contribution >= 4 is 22.3 Å². The quantitative estimate of drug-likeness (QED) is 0.782. The van der Waals surface area contributed by atoms with E-state index in [-0.39, 0.29) is 6.61 Å². The monoisotopic (exact) mass is 259 g/mol. The van der Waals surface area contributed by atoms with E-state index in [1.165, 1.54) is 0 Å². The number of hydrogen-bond acceptors (Lipinski definition) is 4. The topological polar surface area (TPSA) is 62.4 Å². The van der Waals surface area contributed by atoms with Crippen molar-refractivity contribution in [3.05, 3.63) is 30.5 Å². The maximum atomic E-state index is 9.21. The van der Waals surface area contributed by atoms with E-state index in [1.54, 1.807) is 6.20 Å². The Morgan fingerprint density at radius 1 is 1.26 bits per heavy atom. The van der Waals surface area contributed by atoms with Crippen LogP contribution in [0.15, 0.2) is 30.5 Å². The second kappa shape index (κ2) is 6.38. The zero-order valence-electron chi connectivity index (χ0n) is 11.3. The van der Waals surface area contributed by atoms with Crippen LogP contribution in [0.3, 0.4) is 0 Å². The third-order valence-corrected chi connectivity index (χ3v) is 3.30. The zero-order valence-corrected chi connectivity index (χ0v) is 11.3. The molecule has 0 unspecified atom stereocenters. The standard InChI is InChI=1S/C15H21N3O/c1-2-3-9-18(10-11-19)14-7-6-13-12(15(14)16)5-4-8-17-13/h4-8,19H,2-3,9-11,16H2,1H3. The van der Waals surface area contributed by atoms with Gasteiger partial charge in [0, 0.05) is 24.7 Å². The molecule has 4 nitrogen and oxygen atoms in total. The van der Waals surface area contributed by atoms with E-state index >= 15 is 0 Å². The molecule has 1 heterocycles. The van der Waals surface area contributed by atoms with Crippen LogP contribution >= 0.6 is 0 Å². The fraction of sp³-hybridized carbons (Fsp3) is 0.400. The van der Waals surface area contributed by atoms with Crippen molar-refractivity contribution in [3.8, 4) is 0 Å². The summed E-state index contributed by atoms with van der Waals surface area (Å²) in [6, 6.07) is 7.86. The molecule has 19 heavy (non-hydrogen) atoms. The average Bonchev–Trinajstić information content (AvgIpc) is 2.44. The molecule has 3 N–H and O–H groups in total. The first-order valence-electron chi connectivity index (χ1n) is 6.77. The molecule has 2 aromatic rings. The van der Waals surface area contributed by atoms with Gasteiger partial charge in [-0.05, 0) is 30.7 Å². The molecule has 0 saturated carbocycles. The number of aliphatic hydroxyl groups is 1. The van der Waals surface area contributed by atoms with Crippen LogP contribution in [0.2, 0.25) is 0 Å². The van der Waals surface area contributed by atoms with Crippen LogP contribution in [0, 0.1) is 0 Å². The Labute approximate surface area is 113 Å². The second-order valence-electron chi connectivity index (χ2n) is 4.63. The van der Waals surface area contributed by atoms with Gasteiger partial charge in [-0.3, -0.25) is 4.98 Å². The molecule has 0 aliphatic carbocycles. The van der Waals surface area contributed by atoms with Gasteiger partial charge in [0.2, 0.25) is 0 Å². The zero-order chi connectivity index (χ0) is 13.7. The highest BCUT2D eigenvalue weighted by Crippen LogP contribution is 2.30. The number of aliphatic hydroxyl groups excluding tert-OH is 1. The first-order chi connectivity index (χ1) is 9.27. The van der Waals surface area contributed by atoms with Gasteiger partial charge in [0.25, 0.3) is 0 Å². The lowest BCUT2D eigenvalue weighted by Crippen LogP contribution is -2.28. The number of aromatic nitrogens is 1. The fourth-order valence-corrected chi connectivity index (χ4v) is 2.26. The minimum absolute atomic E-state index is 0.133. The van der Waals surface area contributed by atoms with E-state index in [0.717, 1.165) is 41.7 Å². The molecule has 0 atom stereocenters. The van der Waals surface area contributed by atoms with Crippen molar-refractivity contribution < 1.29 is 5.11 Å². The molecule has 0 amide bonds. The van der Waals surface area contributed by atoms with E-state index in [4.69, 9.17) is 5.73 Å². The summed E-state index contributed by atoms with van der Waals surface area (Å²) in [4.78, 5) is 6.45. The number of rotatable bonds is 6. The van der Waals surface area contributed by atoms with Crippen LogP contribution in [0.25, 0.3) is 10.9 Å². The number of fused-ring (bicyclic) bond motifs is 1. The number of benzene rings is 1. The number of anilines is 2. The van der Waals surface area contributed by atoms with Crippen molar-refractivity contribution in [1.82, 2.24) is 4.98 Å². The molecule has 0 radical (unpaired) electrons. The van der Waals surface area contributed by atoms with E-state index in [2.05, 4.69) is 16.8 Å². The molecule has 0 spiro atoms. The van der Waals surface area contributed by atoms with Gasteiger partial charge in [-0.2, -0.15) is 0 Å². The molecule has 0 aliphatic rings. The average molecular weight is 259 g/mol. The lowest BCUT2D eigenvalue weighted by Gasteiger charge is -2.25. The van der Waals surface area contributed by atoms with Crippen molar-refractivity contribution in [1.29, 1.82) is 0 Å². The van der Waals surface area contributed by atoms with Gasteiger partial charge in [-0.15, -0.1) is 0 Å². The Morgan fingerprint density at radius 3 is 2.84 bits per heavy atom. The van der Waals surface area contributed by atoms with E-state index in [1.807, 2.05) is 24.3 Å². The minimum Gasteiger partial charge on any atom is -0.396 e. The second-order valence-corrected chi connectivity index (χ2v) is 4.63. The normalized spacial score (nSPS) is 10.8. The molecule has 4 heteroatoms. The van der Waals surface area contributed by atoms with Crippen LogP contribution in [-0.4, -0.2) is 29.8 Å². The summed E-state index contributed by atoms with van der Waals surface area (Å²) < 4.78 is 0. The highest BCUT2D eigenvalue weighted by atomic mass is 16.3. The number of unbranched alkanes of at least 4 members (excludes halogenated alkanes) is 1. The number of pyridine rings is 1. The first kappa shape index (κ1) is 13.6. The SMILES string of the molecule is CCCCN(CCO)c1ccc2ncccc2c1N. The third kappa shape index (κ3) is 2.96. The first-order valence-corrected chi connectivity index (χ1v) is 6.77. The third-order valence-electron chi connectivity index (χ3n) is 3.30. The van der Waals surface area contributed by atoms with Gasteiger partial charge in [0.15, 0.2) is 0 Å². The Kier molecular flexibility index (Phi) is 4.58. The summed E-state index contributed by atoms with van der Waals surface area (Å²) in [6.07, 6.45) is 3.98. The maximum Gasteiger partial charge on any atom is 0.0724 e. The van der Waals surface area contributed by atoms with Crippen LogP contribution in [0.1, 0.15) is 19.8 Å². The summed E-state index contributed by atoms with van der Waals surface area (Å²) >= 11 is 0. The summed E-state index contributed by atoms with van der Waals surface area (Å²) in [5.41, 5.74) is 8.90. The summed E-state index contributed by atoms with van der Waals surface area (Å²) in [7, 11) is 0. The molecule has 1 aromatic heterocycles. The van der Waals surface area contributed by atoms with Gasteiger partial charge < -0.3 is 15.7 Å². The number of nitrogens with two attached hydrogens (primary N) is 1. The predicted octanol–water partition coefficient (Wildman–Crippen LogP) is 2.42. The highest BCUT2D eigenvalue weighted by Gasteiger charge is 2.11. The molecule has 0 bridgehead atoms. The van der Waals surface area contributed by atoms with Crippen LogP contribution in [0.5, 0.6) is 0 Å². The van der Waals surface area contributed by atoms with Crippen molar-refractivity contribution in [2.75, 3.05) is 30.3 Å². The number of hydrogen-bond donors (Lipinski definition) is 2. The lowest BCUT2D eigenvalue weighted by molar-refractivity contribution is 0.301. The fourth-order valence-electron chi connectivity index (χ4n) is 2.26. The van der Waals surface area contributed by atoms with Gasteiger partial charge in [-0.1, -0.05) is 13.3 Å². The number of nitrogens with zero attached hydrogens (tertiary/aromatic N) is 2. The molecule has 2 rings (SSSR count).